The summed E-state index contributed by atoms with van der Waals surface area (Å²) in [7, 11) is 1.97. The first-order chi connectivity index (χ1) is 9.25. The summed E-state index contributed by atoms with van der Waals surface area (Å²) in [5, 5.41) is 4.28. The Bertz CT molecular complexity index is 597. The van der Waals surface area contributed by atoms with Gasteiger partial charge in [0.05, 0.1) is 12.7 Å². The predicted molar refractivity (Wildman–Crippen MR) is 74.5 cm³/mol. The molecule has 1 fully saturated rings. The van der Waals surface area contributed by atoms with E-state index in [0.29, 0.717) is 13.0 Å². The Hall–Kier alpha value is -1.65. The lowest BCUT2D eigenvalue weighted by Crippen LogP contribution is -2.39. The van der Waals surface area contributed by atoms with Crippen molar-refractivity contribution in [3.05, 3.63) is 36.0 Å². The van der Waals surface area contributed by atoms with E-state index in [1.54, 1.807) is 0 Å². The van der Waals surface area contributed by atoms with Crippen LogP contribution in [0, 0.1) is 0 Å². The molecule has 1 unspecified atom stereocenters. The first-order valence-electron chi connectivity index (χ1n) is 6.65. The predicted octanol–water partition coefficient (Wildman–Crippen LogP) is 1.74. The number of ketones is 1. The van der Waals surface area contributed by atoms with Crippen LogP contribution in [0.25, 0.3) is 10.9 Å². The summed E-state index contributed by atoms with van der Waals surface area (Å²) in [6.07, 6.45) is 2.37. The maximum atomic E-state index is 12.4. The first kappa shape index (κ1) is 12.4. The number of para-hydroxylation sites is 1. The van der Waals surface area contributed by atoms with Crippen molar-refractivity contribution < 1.29 is 9.53 Å². The van der Waals surface area contributed by atoms with E-state index < -0.39 is 0 Å². The second-order valence-corrected chi connectivity index (χ2v) is 5.00. The number of Topliss-reactive ketones (excluding diaryl/α,β-unsaturated/α-hetero) is 1. The van der Waals surface area contributed by atoms with E-state index in [1.165, 1.54) is 0 Å². The highest BCUT2D eigenvalue weighted by molar-refractivity contribution is 6.08. The number of nitrogens with one attached hydrogen (secondary N) is 1. The highest BCUT2D eigenvalue weighted by Crippen LogP contribution is 2.22. The average molecular weight is 258 g/mol. The number of aryl methyl sites for hydroxylation is 1. The summed E-state index contributed by atoms with van der Waals surface area (Å²) < 4.78 is 7.60. The molecule has 3 rings (SSSR count). The minimum absolute atomic E-state index is 0.000202. The first-order valence-corrected chi connectivity index (χ1v) is 6.65. The third kappa shape index (κ3) is 2.41. The largest absolute Gasteiger partial charge is 0.375 e. The van der Waals surface area contributed by atoms with Crippen molar-refractivity contribution >= 4 is 16.7 Å². The number of nitrogens with zero attached hydrogens (tertiary/aromatic N) is 1. The van der Waals surface area contributed by atoms with Gasteiger partial charge in [-0.15, -0.1) is 0 Å². The topological polar surface area (TPSA) is 43.3 Å². The lowest BCUT2D eigenvalue weighted by atomic mass is 10.0. The molecule has 1 aliphatic heterocycles. The molecule has 0 spiro atoms. The molecule has 4 heteroatoms. The molecule has 1 aliphatic rings. The second-order valence-electron chi connectivity index (χ2n) is 5.00. The van der Waals surface area contributed by atoms with Gasteiger partial charge in [-0.25, -0.2) is 0 Å². The molecule has 0 aliphatic carbocycles. The molecule has 0 saturated carbocycles. The van der Waals surface area contributed by atoms with Gasteiger partial charge >= 0.3 is 0 Å². The minimum atomic E-state index is 0.000202. The van der Waals surface area contributed by atoms with Crippen LogP contribution in [0.3, 0.4) is 0 Å². The molecule has 19 heavy (non-hydrogen) atoms. The van der Waals surface area contributed by atoms with Crippen molar-refractivity contribution in [3.8, 4) is 0 Å². The lowest BCUT2D eigenvalue weighted by Gasteiger charge is -2.22. The number of fused-ring (bicyclic) bond motifs is 1. The van der Waals surface area contributed by atoms with Crippen LogP contribution in [-0.4, -0.2) is 36.2 Å². The molecule has 0 amide bonds. The zero-order valence-corrected chi connectivity index (χ0v) is 11.1. The van der Waals surface area contributed by atoms with Gasteiger partial charge in [-0.3, -0.25) is 4.79 Å². The third-order valence-corrected chi connectivity index (χ3v) is 3.61. The fourth-order valence-electron chi connectivity index (χ4n) is 2.63. The standard InChI is InChI=1S/C15H18N2O2/c1-17-10-13(12-4-2-3-5-14(12)17)15(18)8-11-9-16-6-7-19-11/h2-5,10-11,16H,6-9H2,1H3. The van der Waals surface area contributed by atoms with Gasteiger partial charge in [-0.05, 0) is 6.07 Å². The summed E-state index contributed by atoms with van der Waals surface area (Å²) >= 11 is 0. The van der Waals surface area contributed by atoms with Crippen LogP contribution >= 0.6 is 0 Å². The average Bonchev–Trinajstić information content (AvgIpc) is 2.78. The molecule has 1 saturated heterocycles. The summed E-state index contributed by atoms with van der Waals surface area (Å²) in [5.74, 6) is 0.158. The van der Waals surface area contributed by atoms with Gasteiger partial charge in [0.15, 0.2) is 5.78 Å². The van der Waals surface area contributed by atoms with Gasteiger partial charge in [0, 0.05) is 49.2 Å². The van der Waals surface area contributed by atoms with Crippen molar-refractivity contribution in [3.63, 3.8) is 0 Å². The van der Waals surface area contributed by atoms with E-state index in [2.05, 4.69) is 5.32 Å². The minimum Gasteiger partial charge on any atom is -0.375 e. The SMILES string of the molecule is Cn1cc(C(=O)CC2CNCCO2)c2ccccc21. The summed E-state index contributed by atoms with van der Waals surface area (Å²) in [6, 6.07) is 8.00. The molecule has 2 aromatic rings. The van der Waals surface area contributed by atoms with Crippen LogP contribution in [0.1, 0.15) is 16.8 Å². The van der Waals surface area contributed by atoms with E-state index in [4.69, 9.17) is 4.74 Å². The highest BCUT2D eigenvalue weighted by Gasteiger charge is 2.20. The van der Waals surface area contributed by atoms with Crippen molar-refractivity contribution in [2.24, 2.45) is 7.05 Å². The van der Waals surface area contributed by atoms with Crippen LogP contribution in [-0.2, 0) is 11.8 Å². The molecule has 1 aromatic heterocycles. The van der Waals surface area contributed by atoms with Gasteiger partial charge in [-0.2, -0.15) is 0 Å². The Kier molecular flexibility index (Phi) is 3.36. The van der Waals surface area contributed by atoms with Crippen LogP contribution in [0.15, 0.2) is 30.5 Å². The molecule has 0 radical (unpaired) electrons. The smallest absolute Gasteiger partial charge is 0.167 e. The molecule has 100 valence electrons. The van der Waals surface area contributed by atoms with Crippen molar-refractivity contribution in [1.29, 1.82) is 0 Å². The van der Waals surface area contributed by atoms with E-state index in [1.807, 2.05) is 42.1 Å². The Morgan fingerprint density at radius 1 is 1.47 bits per heavy atom. The molecule has 0 bridgehead atoms. The number of morpholine rings is 1. The van der Waals surface area contributed by atoms with Gasteiger partial charge in [0.25, 0.3) is 0 Å². The second kappa shape index (κ2) is 5.15. The number of hydrogen-bond acceptors (Lipinski definition) is 3. The normalized spacial score (nSPS) is 19.7. The zero-order valence-electron chi connectivity index (χ0n) is 11.1. The van der Waals surface area contributed by atoms with Gasteiger partial charge in [-0.1, -0.05) is 18.2 Å². The van der Waals surface area contributed by atoms with E-state index in [0.717, 1.165) is 29.6 Å². The molecule has 1 N–H and O–H groups in total. The molecule has 1 atom stereocenters. The molecule has 4 nitrogen and oxygen atoms in total. The molecular formula is C15H18N2O2. The van der Waals surface area contributed by atoms with E-state index in [-0.39, 0.29) is 11.9 Å². The Morgan fingerprint density at radius 2 is 2.32 bits per heavy atom. The summed E-state index contributed by atoms with van der Waals surface area (Å²) in [6.45, 7) is 2.32. The third-order valence-electron chi connectivity index (χ3n) is 3.61. The van der Waals surface area contributed by atoms with Crippen molar-refractivity contribution in [2.45, 2.75) is 12.5 Å². The Morgan fingerprint density at radius 3 is 3.11 bits per heavy atom. The van der Waals surface area contributed by atoms with Gasteiger partial charge < -0.3 is 14.6 Å². The van der Waals surface area contributed by atoms with Gasteiger partial charge in [0.2, 0.25) is 0 Å². The highest BCUT2D eigenvalue weighted by atomic mass is 16.5. The fourth-order valence-corrected chi connectivity index (χ4v) is 2.63. The van der Waals surface area contributed by atoms with Crippen molar-refractivity contribution in [1.82, 2.24) is 9.88 Å². The number of ether oxygens (including phenoxy) is 1. The summed E-state index contributed by atoms with van der Waals surface area (Å²) in [4.78, 5) is 12.4. The fraction of sp³-hybridized carbons (Fsp3) is 0.400. The lowest BCUT2D eigenvalue weighted by molar-refractivity contribution is 0.0240. The van der Waals surface area contributed by atoms with Crippen molar-refractivity contribution in [2.75, 3.05) is 19.7 Å². The maximum Gasteiger partial charge on any atom is 0.167 e. The van der Waals surface area contributed by atoms with E-state index >= 15 is 0 Å². The molecular weight excluding hydrogens is 240 g/mol. The van der Waals surface area contributed by atoms with Gasteiger partial charge in [0.1, 0.15) is 0 Å². The van der Waals surface area contributed by atoms with Crippen LogP contribution in [0.2, 0.25) is 0 Å². The number of aromatic nitrogens is 1. The van der Waals surface area contributed by atoms with E-state index in [9.17, 15) is 4.79 Å². The van der Waals surface area contributed by atoms with Crippen LogP contribution in [0.5, 0.6) is 0 Å². The van der Waals surface area contributed by atoms with Crippen LogP contribution in [0.4, 0.5) is 0 Å². The number of benzene rings is 1. The Balaban J connectivity index is 1.85. The number of hydrogen-bond donors (Lipinski definition) is 1. The summed E-state index contributed by atoms with van der Waals surface area (Å²) in [5.41, 5.74) is 1.89. The molecule has 2 heterocycles. The van der Waals surface area contributed by atoms with Crippen LogP contribution < -0.4 is 5.32 Å². The maximum absolute atomic E-state index is 12.4. The Labute approximate surface area is 112 Å². The molecule has 1 aromatic carbocycles. The number of carbonyl (C=O) groups is 1. The zero-order chi connectivity index (χ0) is 13.2. The number of rotatable bonds is 3. The number of carbonyl (C=O) groups excluding carboxylic acids is 1. The monoisotopic (exact) mass is 258 g/mol. The quantitative estimate of drug-likeness (QED) is 0.853.